The Morgan fingerprint density at radius 2 is 1.80 bits per heavy atom. The maximum Gasteiger partial charge on any atom is 0.264 e. The van der Waals surface area contributed by atoms with Crippen molar-refractivity contribution in [2.45, 2.75) is 50.8 Å². The average molecular weight is 619 g/mol. The molecule has 0 radical (unpaired) electrons. The van der Waals surface area contributed by atoms with Gasteiger partial charge in [0.1, 0.15) is 0 Å². The van der Waals surface area contributed by atoms with E-state index in [1.54, 1.807) is 48.3 Å². The van der Waals surface area contributed by atoms with Gasteiger partial charge in [-0.25, -0.2) is 5.01 Å². The molecule has 0 aliphatic carbocycles. The maximum absolute atomic E-state index is 13.8. The van der Waals surface area contributed by atoms with Gasteiger partial charge in [0.25, 0.3) is 5.91 Å². The van der Waals surface area contributed by atoms with Crippen molar-refractivity contribution in [3.8, 4) is 0 Å². The summed E-state index contributed by atoms with van der Waals surface area (Å²) < 4.78 is 0. The highest BCUT2D eigenvalue weighted by Gasteiger charge is 2.52. The Morgan fingerprint density at radius 3 is 2.54 bits per heavy atom. The summed E-state index contributed by atoms with van der Waals surface area (Å²) in [5, 5.41) is 28.2. The number of benzene rings is 3. The fraction of sp³-hybridized carbons (Fsp3) is 0.297. The molecule has 3 amide bonds. The number of amides is 3. The van der Waals surface area contributed by atoms with Crippen LogP contribution in [-0.2, 0) is 33.0 Å². The van der Waals surface area contributed by atoms with Gasteiger partial charge in [-0.2, -0.15) is 5.10 Å². The van der Waals surface area contributed by atoms with Crippen LogP contribution in [0.1, 0.15) is 48.4 Å². The normalized spacial score (nSPS) is 21.7. The first-order valence-electron chi connectivity index (χ1n) is 15.7. The first-order valence-corrected chi connectivity index (χ1v) is 15.7. The molecule has 0 spiro atoms. The van der Waals surface area contributed by atoms with E-state index >= 15 is 0 Å². The van der Waals surface area contributed by atoms with Crippen molar-refractivity contribution >= 4 is 34.8 Å². The monoisotopic (exact) mass is 618 g/mol. The Bertz CT molecular complexity index is 1730. The first kappa shape index (κ1) is 31.1. The highest BCUT2D eigenvalue weighted by molar-refractivity contribution is 6.10. The molecule has 236 valence electrons. The minimum atomic E-state index is -1.95. The van der Waals surface area contributed by atoms with Crippen molar-refractivity contribution in [3.05, 3.63) is 120 Å². The number of rotatable bonds is 9. The topological polar surface area (TPSA) is 114 Å². The number of carbonyl (C=O) groups excluding carboxylic acids is 3. The summed E-state index contributed by atoms with van der Waals surface area (Å²) in [6, 6.07) is 22.4. The summed E-state index contributed by atoms with van der Waals surface area (Å²) in [6.45, 7) is 5.99. The number of carbonyl (C=O) groups is 3. The van der Waals surface area contributed by atoms with Crippen LogP contribution < -0.4 is 9.91 Å². The molecular formula is C37H38N4O5. The third kappa shape index (κ3) is 5.57. The molecule has 0 saturated heterocycles. The molecule has 3 aliphatic heterocycles. The lowest BCUT2D eigenvalue weighted by Gasteiger charge is -2.36. The van der Waals surface area contributed by atoms with Crippen molar-refractivity contribution in [2.75, 3.05) is 23.1 Å². The Labute approximate surface area is 268 Å². The van der Waals surface area contributed by atoms with Crippen LogP contribution >= 0.6 is 0 Å². The van der Waals surface area contributed by atoms with Gasteiger partial charge >= 0.3 is 0 Å². The number of aliphatic hydroxyl groups excluding tert-OH is 1. The molecule has 2 N–H and O–H groups in total. The number of hydrogen-bond donors (Lipinski definition) is 2. The van der Waals surface area contributed by atoms with Gasteiger partial charge in [0.2, 0.25) is 11.8 Å². The van der Waals surface area contributed by atoms with Crippen LogP contribution in [0, 0.1) is 5.92 Å². The van der Waals surface area contributed by atoms with Gasteiger partial charge in [-0.1, -0.05) is 79.7 Å². The molecule has 3 atom stereocenters. The van der Waals surface area contributed by atoms with E-state index in [4.69, 9.17) is 0 Å². The van der Waals surface area contributed by atoms with Gasteiger partial charge in [0.15, 0.2) is 5.60 Å². The zero-order valence-corrected chi connectivity index (χ0v) is 25.9. The number of aliphatic hydroxyl groups is 2. The quantitative estimate of drug-likeness (QED) is 0.344. The van der Waals surface area contributed by atoms with Crippen LogP contribution in [0.3, 0.4) is 0 Å². The number of hydrogen-bond acceptors (Lipinski definition) is 6. The lowest BCUT2D eigenvalue weighted by atomic mass is 9.82. The van der Waals surface area contributed by atoms with Gasteiger partial charge in [-0.3, -0.25) is 14.4 Å². The molecule has 3 aromatic carbocycles. The van der Waals surface area contributed by atoms with Crippen molar-refractivity contribution in [2.24, 2.45) is 11.0 Å². The summed E-state index contributed by atoms with van der Waals surface area (Å²) in [6.07, 6.45) is 6.40. The minimum absolute atomic E-state index is 0.0514. The Hall–Kier alpha value is -4.86. The molecule has 6 rings (SSSR count). The second-order valence-electron chi connectivity index (χ2n) is 12.0. The van der Waals surface area contributed by atoms with E-state index in [0.29, 0.717) is 36.3 Å². The standard InChI is InChI=1S/C37H38N4O5/c1-3-20-39-33-18-16-29(41-35(44)19-17-32(38-41)26-11-5-4-6-12-26)22-31(33)37(46,36(39)45)25(2)10-9-15-34(43)40-23-28-14-8-7-13-27(28)21-30(40)24-42/h3-14,16,18,22,25,30,42,46H,1,15,17,19-21,23-24H2,2H3/b10-9+/t25-,30-,37+/m0/s1. The van der Waals surface area contributed by atoms with E-state index in [0.717, 1.165) is 22.4 Å². The molecule has 3 heterocycles. The lowest BCUT2D eigenvalue weighted by Crippen LogP contribution is -2.46. The number of nitrogens with zero attached hydrogens (tertiary/aromatic N) is 4. The molecule has 0 aromatic heterocycles. The van der Waals surface area contributed by atoms with Gasteiger partial charge in [-0.15, -0.1) is 6.58 Å². The van der Waals surface area contributed by atoms with Gasteiger partial charge in [-0.05, 0) is 41.3 Å². The van der Waals surface area contributed by atoms with E-state index < -0.39 is 17.4 Å². The average Bonchev–Trinajstić information content (AvgIpc) is 3.30. The predicted molar refractivity (Wildman–Crippen MR) is 177 cm³/mol. The lowest BCUT2D eigenvalue weighted by molar-refractivity contribution is -0.139. The smallest absolute Gasteiger partial charge is 0.264 e. The van der Waals surface area contributed by atoms with Crippen LogP contribution in [0.5, 0.6) is 0 Å². The molecule has 46 heavy (non-hydrogen) atoms. The molecule has 0 saturated carbocycles. The minimum Gasteiger partial charge on any atom is -0.394 e. The summed E-state index contributed by atoms with van der Waals surface area (Å²) in [4.78, 5) is 43.4. The third-order valence-corrected chi connectivity index (χ3v) is 9.21. The molecule has 9 heteroatoms. The molecule has 0 unspecified atom stereocenters. The number of anilines is 2. The van der Waals surface area contributed by atoms with E-state index in [9.17, 15) is 24.6 Å². The van der Waals surface area contributed by atoms with Crippen LogP contribution in [0.25, 0.3) is 0 Å². The summed E-state index contributed by atoms with van der Waals surface area (Å²) in [5.74, 6) is -1.54. The zero-order valence-electron chi connectivity index (χ0n) is 25.9. The summed E-state index contributed by atoms with van der Waals surface area (Å²) >= 11 is 0. The van der Waals surface area contributed by atoms with Gasteiger partial charge < -0.3 is 20.0 Å². The molecule has 0 bridgehead atoms. The maximum atomic E-state index is 13.8. The molecule has 9 nitrogen and oxygen atoms in total. The first-order chi connectivity index (χ1) is 22.3. The second kappa shape index (κ2) is 12.9. The van der Waals surface area contributed by atoms with Crippen LogP contribution in [0.4, 0.5) is 11.4 Å². The SMILES string of the molecule is C=CCN1C(=O)[C@@](O)([C@@H](C)/C=C/CC(=O)N2Cc3ccccc3C[C@H]2CO)c2cc(N3N=C(c4ccccc4)CCC3=O)ccc21. The van der Waals surface area contributed by atoms with E-state index in [1.165, 1.54) is 9.91 Å². The van der Waals surface area contributed by atoms with Crippen molar-refractivity contribution in [1.29, 1.82) is 0 Å². The largest absolute Gasteiger partial charge is 0.394 e. The molecule has 3 aliphatic rings. The van der Waals surface area contributed by atoms with Crippen molar-refractivity contribution in [1.82, 2.24) is 4.90 Å². The van der Waals surface area contributed by atoms with Crippen molar-refractivity contribution in [3.63, 3.8) is 0 Å². The highest BCUT2D eigenvalue weighted by atomic mass is 16.3. The van der Waals surface area contributed by atoms with E-state index in [2.05, 4.69) is 11.7 Å². The number of hydrazone groups is 1. The molecular weight excluding hydrogens is 580 g/mol. The van der Waals surface area contributed by atoms with Crippen LogP contribution in [-0.4, -0.2) is 57.7 Å². The third-order valence-electron chi connectivity index (χ3n) is 9.21. The molecule has 0 fully saturated rings. The second-order valence-corrected chi connectivity index (χ2v) is 12.0. The predicted octanol–water partition coefficient (Wildman–Crippen LogP) is 4.47. The van der Waals surface area contributed by atoms with Gasteiger partial charge in [0, 0.05) is 43.8 Å². The van der Waals surface area contributed by atoms with Crippen molar-refractivity contribution < 1.29 is 24.6 Å². The summed E-state index contributed by atoms with van der Waals surface area (Å²) in [7, 11) is 0. The highest BCUT2D eigenvalue weighted by Crippen LogP contribution is 2.47. The van der Waals surface area contributed by atoms with E-state index in [-0.39, 0.29) is 43.8 Å². The molecule has 3 aromatic rings. The van der Waals surface area contributed by atoms with E-state index in [1.807, 2.05) is 54.6 Å². The summed E-state index contributed by atoms with van der Waals surface area (Å²) in [5.41, 5.74) is 3.30. The Kier molecular flexibility index (Phi) is 8.71. The van der Waals surface area contributed by atoms with Gasteiger partial charge in [0.05, 0.1) is 29.7 Å². The Morgan fingerprint density at radius 1 is 1.07 bits per heavy atom. The van der Waals surface area contributed by atoms with Crippen LogP contribution in [0.2, 0.25) is 0 Å². The Balaban J connectivity index is 1.26. The zero-order chi connectivity index (χ0) is 32.4. The number of fused-ring (bicyclic) bond motifs is 2. The fourth-order valence-electron chi connectivity index (χ4n) is 6.64. The van der Waals surface area contributed by atoms with Crippen LogP contribution in [0.15, 0.2) is 103 Å². The fourth-order valence-corrected chi connectivity index (χ4v) is 6.64.